The number of nitrogens with one attached hydrogen (secondary N) is 1. The molecule has 1 N–H and O–H groups in total. The largest absolute Gasteiger partial charge is 0.416 e. The highest BCUT2D eigenvalue weighted by atomic mass is 32.2. The molecule has 0 atom stereocenters. The minimum Gasteiger partial charge on any atom is -0.326 e. The van der Waals surface area contributed by atoms with Crippen molar-refractivity contribution in [3.63, 3.8) is 0 Å². The molecule has 0 unspecified atom stereocenters. The summed E-state index contributed by atoms with van der Waals surface area (Å²) in [6, 6.07) is 10.2. The van der Waals surface area contributed by atoms with Crippen LogP contribution in [0.4, 0.5) is 18.9 Å². The van der Waals surface area contributed by atoms with Crippen LogP contribution in [0.3, 0.4) is 0 Å². The molecule has 1 amide bonds. The number of halogens is 3. The number of rotatable bonds is 8. The summed E-state index contributed by atoms with van der Waals surface area (Å²) in [5.41, 5.74) is -0.226. The van der Waals surface area contributed by atoms with Crippen molar-refractivity contribution in [3.8, 4) is 0 Å². The van der Waals surface area contributed by atoms with E-state index < -0.39 is 27.7 Å². The zero-order valence-electron chi connectivity index (χ0n) is 16.2. The summed E-state index contributed by atoms with van der Waals surface area (Å²) in [7, 11) is -2.10. The van der Waals surface area contributed by atoms with E-state index in [2.05, 4.69) is 5.32 Å². The second-order valence-electron chi connectivity index (χ2n) is 6.63. The van der Waals surface area contributed by atoms with E-state index in [0.29, 0.717) is 12.2 Å². The SMILES string of the molecule is CCCCN(C)S(=O)(=O)c1ccc(NC(=O)Cc2cccc(C(F)(F)F)c2)cc1. The highest BCUT2D eigenvalue weighted by Crippen LogP contribution is 2.29. The van der Waals surface area contributed by atoms with Crippen LogP contribution in [0.5, 0.6) is 0 Å². The Morgan fingerprint density at radius 3 is 2.34 bits per heavy atom. The third-order valence-corrected chi connectivity index (χ3v) is 6.16. The van der Waals surface area contributed by atoms with Gasteiger partial charge in [-0.05, 0) is 42.3 Å². The van der Waals surface area contributed by atoms with E-state index in [1.807, 2.05) is 6.92 Å². The van der Waals surface area contributed by atoms with Gasteiger partial charge in [0.1, 0.15) is 0 Å². The summed E-state index contributed by atoms with van der Waals surface area (Å²) in [6.45, 7) is 2.38. The number of hydrogen-bond acceptors (Lipinski definition) is 3. The number of alkyl halides is 3. The van der Waals surface area contributed by atoms with Gasteiger partial charge in [0.15, 0.2) is 0 Å². The lowest BCUT2D eigenvalue weighted by Gasteiger charge is -2.17. The van der Waals surface area contributed by atoms with E-state index >= 15 is 0 Å². The number of anilines is 1. The quantitative estimate of drug-likeness (QED) is 0.682. The molecule has 0 radical (unpaired) electrons. The van der Waals surface area contributed by atoms with Gasteiger partial charge in [0.05, 0.1) is 16.9 Å². The van der Waals surface area contributed by atoms with Crippen molar-refractivity contribution in [1.82, 2.24) is 4.31 Å². The molecule has 0 spiro atoms. The van der Waals surface area contributed by atoms with Crippen molar-refractivity contribution in [1.29, 1.82) is 0 Å². The molecule has 0 bridgehead atoms. The average Bonchev–Trinajstić information content (AvgIpc) is 2.66. The molecule has 0 fully saturated rings. The molecule has 0 aliphatic heterocycles. The standard InChI is InChI=1S/C20H23F3N2O3S/c1-3-4-12-25(2)29(27,28)18-10-8-17(9-11-18)24-19(26)14-15-6-5-7-16(13-15)20(21,22)23/h5-11,13H,3-4,12,14H2,1-2H3,(H,24,26). The van der Waals surface area contributed by atoms with Crippen molar-refractivity contribution in [2.75, 3.05) is 18.9 Å². The molecule has 0 aliphatic carbocycles. The minimum atomic E-state index is -4.47. The molecular weight excluding hydrogens is 405 g/mol. The van der Waals surface area contributed by atoms with E-state index in [-0.39, 0.29) is 16.9 Å². The molecule has 0 aromatic heterocycles. The van der Waals surface area contributed by atoms with Crippen molar-refractivity contribution < 1.29 is 26.4 Å². The molecule has 0 heterocycles. The van der Waals surface area contributed by atoms with Crippen LogP contribution in [0.15, 0.2) is 53.4 Å². The molecular formula is C20H23F3N2O3S. The van der Waals surface area contributed by atoms with E-state index in [1.165, 1.54) is 47.8 Å². The van der Waals surface area contributed by atoms with Gasteiger partial charge in [0.25, 0.3) is 0 Å². The Morgan fingerprint density at radius 2 is 1.76 bits per heavy atom. The number of amides is 1. The first-order valence-corrected chi connectivity index (χ1v) is 10.5. The summed E-state index contributed by atoms with van der Waals surface area (Å²) in [5, 5.41) is 2.56. The Kier molecular flexibility index (Phi) is 7.43. The molecule has 0 aliphatic rings. The Bertz CT molecular complexity index is 942. The van der Waals surface area contributed by atoms with E-state index in [0.717, 1.165) is 25.0 Å². The monoisotopic (exact) mass is 428 g/mol. The van der Waals surface area contributed by atoms with E-state index in [9.17, 15) is 26.4 Å². The van der Waals surface area contributed by atoms with E-state index in [4.69, 9.17) is 0 Å². The van der Waals surface area contributed by atoms with Crippen LogP contribution in [0.1, 0.15) is 30.9 Å². The van der Waals surface area contributed by atoms with Gasteiger partial charge < -0.3 is 5.32 Å². The topological polar surface area (TPSA) is 66.5 Å². The number of nitrogens with zero attached hydrogens (tertiary/aromatic N) is 1. The molecule has 9 heteroatoms. The van der Waals surface area contributed by atoms with Crippen LogP contribution in [0.2, 0.25) is 0 Å². The van der Waals surface area contributed by atoms with Crippen molar-refractivity contribution in [2.45, 2.75) is 37.3 Å². The van der Waals surface area contributed by atoms with Gasteiger partial charge in [0, 0.05) is 19.3 Å². The Balaban J connectivity index is 2.04. The predicted octanol–water partition coefficient (Wildman–Crippen LogP) is 4.31. The summed E-state index contributed by atoms with van der Waals surface area (Å²) >= 11 is 0. The number of benzene rings is 2. The van der Waals surface area contributed by atoms with Crippen molar-refractivity contribution in [3.05, 3.63) is 59.7 Å². The third kappa shape index (κ3) is 6.30. The Labute approximate surface area is 168 Å². The van der Waals surface area contributed by atoms with Crippen LogP contribution < -0.4 is 5.32 Å². The lowest BCUT2D eigenvalue weighted by Crippen LogP contribution is -2.27. The van der Waals surface area contributed by atoms with Crippen LogP contribution in [0, 0.1) is 0 Å². The fraction of sp³-hybridized carbons (Fsp3) is 0.350. The van der Waals surface area contributed by atoms with Crippen LogP contribution >= 0.6 is 0 Å². The van der Waals surface area contributed by atoms with E-state index in [1.54, 1.807) is 0 Å². The van der Waals surface area contributed by atoms with Crippen LogP contribution in [-0.2, 0) is 27.4 Å². The van der Waals surface area contributed by atoms with Crippen LogP contribution in [0.25, 0.3) is 0 Å². The van der Waals surface area contributed by atoms with Gasteiger partial charge in [0.2, 0.25) is 15.9 Å². The van der Waals surface area contributed by atoms with Crippen molar-refractivity contribution in [2.24, 2.45) is 0 Å². The first-order chi connectivity index (χ1) is 13.5. The normalized spacial score (nSPS) is 12.2. The molecule has 29 heavy (non-hydrogen) atoms. The first kappa shape index (κ1) is 22.9. The number of sulfonamides is 1. The maximum Gasteiger partial charge on any atom is 0.416 e. The lowest BCUT2D eigenvalue weighted by atomic mass is 10.1. The minimum absolute atomic E-state index is 0.104. The molecule has 2 aromatic rings. The van der Waals surface area contributed by atoms with Crippen LogP contribution in [-0.4, -0.2) is 32.2 Å². The maximum atomic E-state index is 12.8. The second kappa shape index (κ2) is 9.41. The first-order valence-electron chi connectivity index (χ1n) is 9.06. The lowest BCUT2D eigenvalue weighted by molar-refractivity contribution is -0.137. The zero-order chi connectivity index (χ0) is 21.7. The fourth-order valence-electron chi connectivity index (χ4n) is 2.64. The highest BCUT2D eigenvalue weighted by molar-refractivity contribution is 7.89. The maximum absolute atomic E-state index is 12.8. The van der Waals surface area contributed by atoms with Gasteiger partial charge in [-0.15, -0.1) is 0 Å². The summed E-state index contributed by atoms with van der Waals surface area (Å²) in [6.07, 6.45) is -3.09. The Morgan fingerprint density at radius 1 is 1.10 bits per heavy atom. The van der Waals surface area contributed by atoms with Gasteiger partial charge in [-0.1, -0.05) is 31.5 Å². The summed E-state index contributed by atoms with van der Waals surface area (Å²) < 4.78 is 64.5. The van der Waals surface area contributed by atoms with Gasteiger partial charge in [-0.3, -0.25) is 4.79 Å². The number of carbonyl (C=O) groups excluding carboxylic acids is 1. The molecule has 2 rings (SSSR count). The molecule has 2 aromatic carbocycles. The Hall–Kier alpha value is -2.39. The zero-order valence-corrected chi connectivity index (χ0v) is 17.0. The highest BCUT2D eigenvalue weighted by Gasteiger charge is 2.30. The average molecular weight is 428 g/mol. The summed E-state index contributed by atoms with van der Waals surface area (Å²) in [4.78, 5) is 12.2. The fourth-order valence-corrected chi connectivity index (χ4v) is 3.85. The molecule has 158 valence electrons. The number of carbonyl (C=O) groups is 1. The van der Waals surface area contributed by atoms with Gasteiger partial charge in [-0.25, -0.2) is 12.7 Å². The second-order valence-corrected chi connectivity index (χ2v) is 8.67. The molecule has 0 saturated carbocycles. The molecule has 5 nitrogen and oxygen atoms in total. The number of unbranched alkanes of at least 4 members (excludes halogenated alkanes) is 1. The summed E-state index contributed by atoms with van der Waals surface area (Å²) in [5.74, 6) is -0.500. The molecule has 0 saturated heterocycles. The van der Waals surface area contributed by atoms with Gasteiger partial charge >= 0.3 is 6.18 Å². The predicted molar refractivity (Wildman–Crippen MR) is 105 cm³/mol. The smallest absolute Gasteiger partial charge is 0.326 e. The third-order valence-electron chi connectivity index (χ3n) is 4.29. The number of hydrogen-bond donors (Lipinski definition) is 1. The van der Waals surface area contributed by atoms with Crippen molar-refractivity contribution >= 4 is 21.6 Å². The van der Waals surface area contributed by atoms with Gasteiger partial charge in [-0.2, -0.15) is 13.2 Å².